The summed E-state index contributed by atoms with van der Waals surface area (Å²) in [6.07, 6.45) is 1.47. The first-order valence-electron chi connectivity index (χ1n) is 6.90. The van der Waals surface area contributed by atoms with E-state index in [2.05, 4.69) is 4.98 Å². The van der Waals surface area contributed by atoms with E-state index in [-0.39, 0.29) is 17.3 Å². The van der Waals surface area contributed by atoms with Gasteiger partial charge in [0.05, 0.1) is 17.2 Å². The molecule has 0 aliphatic carbocycles. The molecule has 1 aromatic heterocycles. The molecule has 118 valence electrons. The van der Waals surface area contributed by atoms with Crippen LogP contribution in [-0.2, 0) is 22.3 Å². The van der Waals surface area contributed by atoms with Gasteiger partial charge in [0, 0.05) is 26.9 Å². The van der Waals surface area contributed by atoms with E-state index in [1.165, 1.54) is 12.3 Å². The Morgan fingerprint density at radius 2 is 1.96 bits per heavy atom. The van der Waals surface area contributed by atoms with Crippen molar-refractivity contribution in [1.29, 1.82) is 0 Å². The van der Waals surface area contributed by atoms with Gasteiger partial charge in [-0.15, -0.1) is 0 Å². The highest BCUT2D eigenvalue weighted by Gasteiger charge is 2.12. The predicted octanol–water partition coefficient (Wildman–Crippen LogP) is 4.58. The minimum atomic E-state index is -1.27. The smallest absolute Gasteiger partial charge is 0.226 e. The summed E-state index contributed by atoms with van der Waals surface area (Å²) in [4.78, 5) is 4.31. The molecule has 0 amide bonds. The first-order chi connectivity index (χ1) is 11.1. The summed E-state index contributed by atoms with van der Waals surface area (Å²) in [6, 6.07) is 13.5. The lowest BCUT2D eigenvalue weighted by Gasteiger charge is -2.02. The maximum atomic E-state index is 13.6. The third-order valence-electron chi connectivity index (χ3n) is 3.21. The standard InChI is InChI=1S/C17H13ClFNO2S/c18-14-6-3-5-12(8-14)17-20-15(9-22-17)11-23(21)10-13-4-1-2-7-16(13)19/h1-9H,10-11H2/t23-/m0/s1. The van der Waals surface area contributed by atoms with Gasteiger partial charge in [0.2, 0.25) is 5.89 Å². The number of halogens is 2. The van der Waals surface area contributed by atoms with E-state index in [0.717, 1.165) is 5.56 Å². The van der Waals surface area contributed by atoms with Gasteiger partial charge in [0.15, 0.2) is 0 Å². The van der Waals surface area contributed by atoms with Crippen LogP contribution < -0.4 is 0 Å². The highest BCUT2D eigenvalue weighted by molar-refractivity contribution is 7.83. The van der Waals surface area contributed by atoms with Crippen LogP contribution in [0.25, 0.3) is 11.5 Å². The Morgan fingerprint density at radius 3 is 2.74 bits per heavy atom. The van der Waals surface area contributed by atoms with Crippen LogP contribution >= 0.6 is 11.6 Å². The van der Waals surface area contributed by atoms with Gasteiger partial charge in [0.1, 0.15) is 12.1 Å². The van der Waals surface area contributed by atoms with Gasteiger partial charge in [0.25, 0.3) is 0 Å². The van der Waals surface area contributed by atoms with Crippen molar-refractivity contribution in [3.8, 4) is 11.5 Å². The molecule has 1 atom stereocenters. The van der Waals surface area contributed by atoms with Crippen molar-refractivity contribution < 1.29 is 13.0 Å². The zero-order chi connectivity index (χ0) is 16.2. The molecule has 0 saturated carbocycles. The largest absolute Gasteiger partial charge is 0.444 e. The van der Waals surface area contributed by atoms with Gasteiger partial charge >= 0.3 is 0 Å². The summed E-state index contributed by atoms with van der Waals surface area (Å²) in [5, 5.41) is 0.588. The topological polar surface area (TPSA) is 43.1 Å². The van der Waals surface area contributed by atoms with E-state index in [1.807, 2.05) is 6.07 Å². The summed E-state index contributed by atoms with van der Waals surface area (Å²) in [5.74, 6) is 0.427. The van der Waals surface area contributed by atoms with E-state index in [4.69, 9.17) is 16.0 Å². The quantitative estimate of drug-likeness (QED) is 0.677. The van der Waals surface area contributed by atoms with Crippen LogP contribution in [0.2, 0.25) is 5.02 Å². The van der Waals surface area contributed by atoms with Crippen molar-refractivity contribution in [2.24, 2.45) is 0 Å². The molecule has 0 unspecified atom stereocenters. The van der Waals surface area contributed by atoms with Gasteiger partial charge in [-0.05, 0) is 24.3 Å². The van der Waals surface area contributed by atoms with Gasteiger partial charge in [-0.25, -0.2) is 9.37 Å². The molecule has 0 N–H and O–H groups in total. The monoisotopic (exact) mass is 349 g/mol. The second-order valence-corrected chi connectivity index (χ2v) is 6.87. The molecule has 1 heterocycles. The van der Waals surface area contributed by atoms with E-state index in [0.29, 0.717) is 22.2 Å². The predicted molar refractivity (Wildman–Crippen MR) is 88.9 cm³/mol. The number of aromatic nitrogens is 1. The summed E-state index contributed by atoms with van der Waals surface area (Å²) in [7, 11) is -1.27. The fraction of sp³-hybridized carbons (Fsp3) is 0.118. The normalized spacial score (nSPS) is 12.3. The average Bonchev–Trinajstić information content (AvgIpc) is 2.98. The number of nitrogens with zero attached hydrogens (tertiary/aromatic N) is 1. The van der Waals surface area contributed by atoms with Crippen LogP contribution in [0.4, 0.5) is 4.39 Å². The molecule has 3 rings (SSSR count). The SMILES string of the molecule is O=[S@](Cc1coc(-c2cccc(Cl)c2)n1)Cc1ccccc1F. The van der Waals surface area contributed by atoms with Crippen molar-refractivity contribution in [3.63, 3.8) is 0 Å². The van der Waals surface area contributed by atoms with E-state index >= 15 is 0 Å². The van der Waals surface area contributed by atoms with Crippen LogP contribution in [0.3, 0.4) is 0 Å². The van der Waals surface area contributed by atoms with Crippen LogP contribution in [0.5, 0.6) is 0 Å². The molecule has 0 saturated heterocycles. The van der Waals surface area contributed by atoms with Gasteiger partial charge in [-0.1, -0.05) is 35.9 Å². The Balaban J connectivity index is 1.69. The van der Waals surface area contributed by atoms with Crippen molar-refractivity contribution in [1.82, 2.24) is 4.98 Å². The first kappa shape index (κ1) is 15.9. The summed E-state index contributed by atoms with van der Waals surface area (Å²) < 4.78 is 31.1. The second-order valence-electron chi connectivity index (χ2n) is 4.97. The van der Waals surface area contributed by atoms with Crippen LogP contribution in [0, 0.1) is 5.82 Å². The van der Waals surface area contributed by atoms with E-state index in [1.54, 1.807) is 36.4 Å². The minimum absolute atomic E-state index is 0.145. The van der Waals surface area contributed by atoms with Gasteiger partial charge in [-0.2, -0.15) is 0 Å². The molecular weight excluding hydrogens is 337 g/mol. The second kappa shape index (κ2) is 7.06. The average molecular weight is 350 g/mol. The summed E-state index contributed by atoms with van der Waals surface area (Å²) in [6.45, 7) is 0. The molecule has 23 heavy (non-hydrogen) atoms. The lowest BCUT2D eigenvalue weighted by atomic mass is 10.2. The highest BCUT2D eigenvalue weighted by Crippen LogP contribution is 2.22. The number of hydrogen-bond donors (Lipinski definition) is 0. The number of benzene rings is 2. The molecule has 3 aromatic rings. The van der Waals surface area contributed by atoms with Crippen LogP contribution in [0.15, 0.2) is 59.2 Å². The van der Waals surface area contributed by atoms with Crippen molar-refractivity contribution in [2.75, 3.05) is 0 Å². The molecule has 2 aromatic carbocycles. The number of oxazole rings is 1. The van der Waals surface area contributed by atoms with E-state index in [9.17, 15) is 8.60 Å². The minimum Gasteiger partial charge on any atom is -0.444 e. The Hall–Kier alpha value is -1.98. The zero-order valence-corrected chi connectivity index (χ0v) is 13.6. The maximum Gasteiger partial charge on any atom is 0.226 e. The molecule has 0 fully saturated rings. The van der Waals surface area contributed by atoms with Gasteiger partial charge < -0.3 is 4.42 Å². The lowest BCUT2D eigenvalue weighted by molar-refractivity contribution is 0.573. The van der Waals surface area contributed by atoms with Gasteiger partial charge in [-0.3, -0.25) is 4.21 Å². The molecule has 0 aliphatic rings. The fourth-order valence-corrected chi connectivity index (χ4v) is 3.47. The molecular formula is C17H13ClFNO2S. The summed E-state index contributed by atoms with van der Waals surface area (Å²) in [5.41, 5.74) is 1.75. The number of rotatable bonds is 5. The van der Waals surface area contributed by atoms with Crippen molar-refractivity contribution >= 4 is 22.4 Å². The molecule has 3 nitrogen and oxygen atoms in total. The molecule has 0 spiro atoms. The first-order valence-corrected chi connectivity index (χ1v) is 8.77. The van der Waals surface area contributed by atoms with Crippen molar-refractivity contribution in [3.05, 3.63) is 76.9 Å². The molecule has 0 bridgehead atoms. The Labute approximate surface area is 140 Å². The summed E-state index contributed by atoms with van der Waals surface area (Å²) >= 11 is 5.94. The molecule has 6 heteroatoms. The van der Waals surface area contributed by atoms with Crippen LogP contribution in [0.1, 0.15) is 11.3 Å². The Bertz CT molecular complexity index is 850. The zero-order valence-electron chi connectivity index (χ0n) is 12.0. The highest BCUT2D eigenvalue weighted by atomic mass is 35.5. The maximum absolute atomic E-state index is 13.6. The lowest BCUT2D eigenvalue weighted by Crippen LogP contribution is -2.01. The fourth-order valence-electron chi connectivity index (χ4n) is 2.13. The number of hydrogen-bond acceptors (Lipinski definition) is 3. The Kier molecular flexibility index (Phi) is 4.88. The molecule has 0 aliphatic heterocycles. The van der Waals surface area contributed by atoms with Crippen LogP contribution in [-0.4, -0.2) is 9.19 Å². The third-order valence-corrected chi connectivity index (χ3v) is 4.69. The Morgan fingerprint density at radius 1 is 1.13 bits per heavy atom. The molecule has 0 radical (unpaired) electrons. The third kappa shape index (κ3) is 4.06. The van der Waals surface area contributed by atoms with E-state index < -0.39 is 10.8 Å². The van der Waals surface area contributed by atoms with Crippen molar-refractivity contribution in [2.45, 2.75) is 11.5 Å².